The number of fused-ring (bicyclic) bond motifs is 1. The number of hydrogen-bond donors (Lipinski definition) is 2. The summed E-state index contributed by atoms with van der Waals surface area (Å²) in [5.41, 5.74) is 0. The second-order valence-corrected chi connectivity index (χ2v) is 4.37. The van der Waals surface area contributed by atoms with Crippen molar-refractivity contribution < 1.29 is 28.9 Å². The number of aromatic carboxylic acids is 1. The van der Waals surface area contributed by atoms with Crippen LogP contribution < -0.4 is 9.47 Å². The van der Waals surface area contributed by atoms with Crippen LogP contribution in [0, 0.1) is 0 Å². The van der Waals surface area contributed by atoms with Gasteiger partial charge in [0.25, 0.3) is 0 Å². The van der Waals surface area contributed by atoms with Crippen LogP contribution in [0.25, 0.3) is 0 Å². The van der Waals surface area contributed by atoms with E-state index in [0.717, 1.165) is 0 Å². The number of carboxylic acid groups (broad SMARTS) is 1. The van der Waals surface area contributed by atoms with Crippen LogP contribution in [0.1, 0.15) is 22.4 Å². The van der Waals surface area contributed by atoms with Crippen molar-refractivity contribution in [1.29, 1.82) is 0 Å². The van der Waals surface area contributed by atoms with Gasteiger partial charge in [0.05, 0.1) is 0 Å². The van der Waals surface area contributed by atoms with E-state index in [9.17, 15) is 9.90 Å². The topological polar surface area (TPSA) is 89.1 Å². The van der Waals surface area contributed by atoms with Crippen molar-refractivity contribution in [3.63, 3.8) is 0 Å². The molecule has 0 aliphatic carbocycles. The predicted octanol–water partition coefficient (Wildman–Crippen LogP) is 1.85. The Morgan fingerprint density at radius 2 is 1.95 bits per heavy atom. The fourth-order valence-corrected chi connectivity index (χ4v) is 2.00. The van der Waals surface area contributed by atoms with E-state index in [1.165, 1.54) is 12.1 Å². The molecule has 0 spiro atoms. The van der Waals surface area contributed by atoms with E-state index < -0.39 is 18.2 Å². The van der Waals surface area contributed by atoms with Gasteiger partial charge in [-0.15, -0.1) is 0 Å². The van der Waals surface area contributed by atoms with E-state index in [2.05, 4.69) is 0 Å². The van der Waals surface area contributed by atoms with Crippen LogP contribution in [-0.2, 0) is 0 Å². The zero-order chi connectivity index (χ0) is 14.1. The van der Waals surface area contributed by atoms with Crippen LogP contribution in [0.4, 0.5) is 0 Å². The number of hydrogen-bond acceptors (Lipinski definition) is 5. The molecule has 2 atom stereocenters. The van der Waals surface area contributed by atoms with Crippen molar-refractivity contribution >= 4 is 5.97 Å². The summed E-state index contributed by atoms with van der Waals surface area (Å²) in [6, 6.07) is 9.83. The summed E-state index contributed by atoms with van der Waals surface area (Å²) in [5, 5.41) is 19.0. The summed E-state index contributed by atoms with van der Waals surface area (Å²) in [4.78, 5) is 10.7. The molecule has 104 valence electrons. The largest absolute Gasteiger partial charge is 0.486 e. The molecule has 1 aliphatic heterocycles. The number of benzene rings is 1. The maximum atomic E-state index is 10.7. The molecule has 0 fully saturated rings. The number of carbonyl (C=O) groups is 1. The Bertz CT molecular complexity index is 632. The SMILES string of the molecule is O=C(O)c1ccc(C(O)C2COc3ccccc3O2)o1. The van der Waals surface area contributed by atoms with Crippen molar-refractivity contribution in [2.45, 2.75) is 12.2 Å². The minimum absolute atomic E-state index is 0.135. The molecule has 1 aromatic heterocycles. The van der Waals surface area contributed by atoms with E-state index in [0.29, 0.717) is 11.5 Å². The third-order valence-electron chi connectivity index (χ3n) is 3.01. The highest BCUT2D eigenvalue weighted by atomic mass is 16.6. The first-order valence-electron chi connectivity index (χ1n) is 6.05. The Hall–Kier alpha value is -2.47. The van der Waals surface area contributed by atoms with Crippen molar-refractivity contribution in [2.24, 2.45) is 0 Å². The van der Waals surface area contributed by atoms with Gasteiger partial charge >= 0.3 is 5.97 Å². The van der Waals surface area contributed by atoms with Crippen LogP contribution in [0.5, 0.6) is 11.5 Å². The van der Waals surface area contributed by atoms with Crippen LogP contribution in [0.2, 0.25) is 0 Å². The second kappa shape index (κ2) is 4.90. The average molecular weight is 276 g/mol. The quantitative estimate of drug-likeness (QED) is 0.889. The van der Waals surface area contributed by atoms with Crippen molar-refractivity contribution in [1.82, 2.24) is 0 Å². The van der Waals surface area contributed by atoms with E-state index in [1.54, 1.807) is 18.2 Å². The molecular formula is C14H12O6. The molecule has 2 heterocycles. The summed E-state index contributed by atoms with van der Waals surface area (Å²) < 4.78 is 16.2. The van der Waals surface area contributed by atoms with Crippen LogP contribution in [0.15, 0.2) is 40.8 Å². The number of ether oxygens (including phenoxy) is 2. The normalized spacial score (nSPS) is 18.6. The highest BCUT2D eigenvalue weighted by Crippen LogP contribution is 2.34. The lowest BCUT2D eigenvalue weighted by molar-refractivity contribution is -0.0214. The van der Waals surface area contributed by atoms with Gasteiger partial charge in [0.15, 0.2) is 23.7 Å². The van der Waals surface area contributed by atoms with Crippen molar-refractivity contribution in [3.05, 3.63) is 47.9 Å². The molecule has 3 rings (SSSR count). The summed E-state index contributed by atoms with van der Waals surface area (Å²) in [7, 11) is 0. The Kier molecular flexibility index (Phi) is 3.08. The van der Waals surface area contributed by atoms with Gasteiger partial charge in [-0.05, 0) is 24.3 Å². The molecule has 1 aliphatic rings. The molecule has 0 saturated carbocycles. The zero-order valence-corrected chi connectivity index (χ0v) is 10.4. The van der Waals surface area contributed by atoms with E-state index in [1.807, 2.05) is 6.07 Å². The minimum atomic E-state index is -1.19. The van der Waals surface area contributed by atoms with Gasteiger partial charge in [-0.3, -0.25) is 0 Å². The fraction of sp³-hybridized carbons (Fsp3) is 0.214. The number of rotatable bonds is 3. The van der Waals surface area contributed by atoms with Gasteiger partial charge in [-0.1, -0.05) is 12.1 Å². The first-order valence-corrected chi connectivity index (χ1v) is 6.05. The van der Waals surface area contributed by atoms with Gasteiger partial charge < -0.3 is 24.1 Å². The number of aliphatic hydroxyl groups is 1. The lowest BCUT2D eigenvalue weighted by Gasteiger charge is -2.28. The highest BCUT2D eigenvalue weighted by molar-refractivity contribution is 5.84. The number of para-hydroxylation sites is 2. The third-order valence-corrected chi connectivity index (χ3v) is 3.01. The molecule has 1 aromatic carbocycles. The average Bonchev–Trinajstić information content (AvgIpc) is 2.96. The first kappa shape index (κ1) is 12.6. The van der Waals surface area contributed by atoms with Crippen LogP contribution in [0.3, 0.4) is 0 Å². The van der Waals surface area contributed by atoms with Crippen LogP contribution in [-0.4, -0.2) is 28.9 Å². The second-order valence-electron chi connectivity index (χ2n) is 4.37. The Labute approximate surface area is 114 Å². The summed E-state index contributed by atoms with van der Waals surface area (Å²) in [6.45, 7) is 0.154. The smallest absolute Gasteiger partial charge is 0.371 e. The van der Waals surface area contributed by atoms with Gasteiger partial charge in [0.2, 0.25) is 5.76 Å². The molecule has 20 heavy (non-hydrogen) atoms. The number of aliphatic hydroxyl groups excluding tert-OH is 1. The molecule has 6 nitrogen and oxygen atoms in total. The molecule has 2 aromatic rings. The number of carboxylic acids is 1. The summed E-state index contributed by atoms with van der Waals surface area (Å²) >= 11 is 0. The van der Waals surface area contributed by atoms with Gasteiger partial charge in [0.1, 0.15) is 12.4 Å². The summed E-state index contributed by atoms with van der Waals surface area (Å²) in [6.07, 6.45) is -1.76. The Morgan fingerprint density at radius 1 is 1.20 bits per heavy atom. The highest BCUT2D eigenvalue weighted by Gasteiger charge is 2.31. The van der Waals surface area contributed by atoms with Gasteiger partial charge in [-0.25, -0.2) is 4.79 Å². The van der Waals surface area contributed by atoms with Gasteiger partial charge in [-0.2, -0.15) is 0 Å². The van der Waals surface area contributed by atoms with Gasteiger partial charge in [0, 0.05) is 0 Å². The lowest BCUT2D eigenvalue weighted by Crippen LogP contribution is -2.34. The van der Waals surface area contributed by atoms with Crippen molar-refractivity contribution in [3.8, 4) is 11.5 Å². The Morgan fingerprint density at radius 3 is 2.65 bits per heavy atom. The molecule has 0 saturated heterocycles. The standard InChI is InChI=1S/C14H12O6/c15-13(10-5-6-11(20-10)14(16)17)12-7-18-8-3-1-2-4-9(8)19-12/h1-6,12-13,15H,7H2,(H,16,17). The maximum absolute atomic E-state index is 10.7. The molecule has 0 amide bonds. The lowest BCUT2D eigenvalue weighted by atomic mass is 10.1. The predicted molar refractivity (Wildman–Crippen MR) is 67.0 cm³/mol. The molecule has 6 heteroatoms. The fourth-order valence-electron chi connectivity index (χ4n) is 2.00. The molecule has 2 unspecified atom stereocenters. The van der Waals surface area contributed by atoms with E-state index in [4.69, 9.17) is 19.0 Å². The molecule has 2 N–H and O–H groups in total. The zero-order valence-electron chi connectivity index (χ0n) is 10.4. The monoisotopic (exact) mass is 276 g/mol. The Balaban J connectivity index is 1.78. The summed E-state index contributed by atoms with van der Waals surface area (Å²) in [5.74, 6) is -0.129. The molecule has 0 bridgehead atoms. The third kappa shape index (κ3) is 2.21. The molecular weight excluding hydrogens is 264 g/mol. The minimum Gasteiger partial charge on any atom is -0.486 e. The number of furan rings is 1. The maximum Gasteiger partial charge on any atom is 0.371 e. The van der Waals surface area contributed by atoms with E-state index in [-0.39, 0.29) is 18.1 Å². The first-order chi connectivity index (χ1) is 9.65. The van der Waals surface area contributed by atoms with E-state index >= 15 is 0 Å². The molecule has 0 radical (unpaired) electrons. The van der Waals surface area contributed by atoms with Crippen LogP contribution >= 0.6 is 0 Å². The van der Waals surface area contributed by atoms with Crippen molar-refractivity contribution in [2.75, 3.05) is 6.61 Å².